The van der Waals surface area contributed by atoms with Crippen LogP contribution in [0.2, 0.25) is 0 Å². The first-order valence-corrected chi connectivity index (χ1v) is 9.89. The minimum Gasteiger partial charge on any atom is -0.504 e. The molecule has 4 nitrogen and oxygen atoms in total. The Balaban J connectivity index is 0.00000225. The van der Waals surface area contributed by atoms with Gasteiger partial charge in [-0.05, 0) is 73.2 Å². The third-order valence-corrected chi connectivity index (χ3v) is 5.61. The Morgan fingerprint density at radius 3 is 2.36 bits per heavy atom. The van der Waals surface area contributed by atoms with Crippen LogP contribution in [0.1, 0.15) is 24.0 Å². The zero-order valence-electron chi connectivity index (χ0n) is 16.1. The zero-order chi connectivity index (χ0) is 18.6. The third kappa shape index (κ3) is 4.89. The monoisotopic (exact) mass is 406 g/mol. The lowest BCUT2D eigenvalue weighted by Gasteiger charge is -2.36. The van der Waals surface area contributed by atoms with E-state index in [9.17, 15) is 9.50 Å². The molecule has 0 radical (unpaired) electrons. The highest BCUT2D eigenvalue weighted by molar-refractivity contribution is 5.85. The Morgan fingerprint density at radius 2 is 1.64 bits per heavy atom. The van der Waals surface area contributed by atoms with Crippen molar-refractivity contribution in [2.45, 2.75) is 25.7 Å². The van der Waals surface area contributed by atoms with Crippen molar-refractivity contribution in [2.75, 3.05) is 44.2 Å². The molecule has 0 aromatic heterocycles. The summed E-state index contributed by atoms with van der Waals surface area (Å²) < 4.78 is 18.9. The summed E-state index contributed by atoms with van der Waals surface area (Å²) in [7, 11) is 0. The van der Waals surface area contributed by atoms with Crippen molar-refractivity contribution in [1.82, 2.24) is 4.90 Å². The van der Waals surface area contributed by atoms with E-state index in [0.29, 0.717) is 12.4 Å². The second kappa shape index (κ2) is 9.48. The van der Waals surface area contributed by atoms with Crippen molar-refractivity contribution in [1.29, 1.82) is 0 Å². The molecule has 2 aromatic rings. The van der Waals surface area contributed by atoms with E-state index in [1.165, 1.54) is 29.7 Å². The first-order chi connectivity index (χ1) is 13.2. The van der Waals surface area contributed by atoms with E-state index in [0.717, 1.165) is 57.7 Å². The number of anilines is 1. The molecule has 2 aliphatic rings. The first kappa shape index (κ1) is 20.7. The Hall–Kier alpha value is -1.98. The number of piperazine rings is 1. The summed E-state index contributed by atoms with van der Waals surface area (Å²) in [6, 6.07) is 10.6. The van der Waals surface area contributed by atoms with Crippen molar-refractivity contribution in [3.63, 3.8) is 0 Å². The highest BCUT2D eigenvalue weighted by Crippen LogP contribution is 2.34. The maximum absolute atomic E-state index is 13.0. The molecule has 0 atom stereocenters. The van der Waals surface area contributed by atoms with E-state index in [-0.39, 0.29) is 24.0 Å². The predicted octanol–water partition coefficient (Wildman–Crippen LogP) is 4.03. The van der Waals surface area contributed by atoms with Crippen molar-refractivity contribution in [2.24, 2.45) is 0 Å². The van der Waals surface area contributed by atoms with Gasteiger partial charge in [-0.15, -0.1) is 12.4 Å². The van der Waals surface area contributed by atoms with Gasteiger partial charge in [-0.25, -0.2) is 4.39 Å². The molecular weight excluding hydrogens is 379 g/mol. The number of aryl methyl sites for hydroxylation is 2. The van der Waals surface area contributed by atoms with Gasteiger partial charge in [0.25, 0.3) is 0 Å². The predicted molar refractivity (Wildman–Crippen MR) is 113 cm³/mol. The average Bonchev–Trinajstić information content (AvgIpc) is 3.13. The van der Waals surface area contributed by atoms with Crippen LogP contribution >= 0.6 is 12.4 Å². The average molecular weight is 407 g/mol. The van der Waals surface area contributed by atoms with Gasteiger partial charge in [0.15, 0.2) is 11.5 Å². The lowest BCUT2D eigenvalue weighted by Crippen LogP contribution is -2.46. The number of benzene rings is 2. The molecular formula is C22H28ClFN2O2. The quantitative estimate of drug-likeness (QED) is 0.734. The molecule has 28 heavy (non-hydrogen) atoms. The van der Waals surface area contributed by atoms with Crippen LogP contribution in [0.5, 0.6) is 11.5 Å². The molecule has 0 unspecified atom stereocenters. The normalized spacial score (nSPS) is 16.5. The van der Waals surface area contributed by atoms with Gasteiger partial charge in [0.2, 0.25) is 0 Å². The van der Waals surface area contributed by atoms with Gasteiger partial charge in [-0.1, -0.05) is 0 Å². The molecule has 1 saturated heterocycles. The summed E-state index contributed by atoms with van der Waals surface area (Å²) in [5, 5.41) is 10.1. The number of hydrogen-bond acceptors (Lipinski definition) is 4. The number of phenolic OH excluding ortho intramolecular Hbond substituents is 1. The summed E-state index contributed by atoms with van der Waals surface area (Å²) in [5.74, 6) is 0.701. The van der Waals surface area contributed by atoms with E-state index in [1.807, 2.05) is 24.3 Å². The Kier molecular flexibility index (Phi) is 7.03. The van der Waals surface area contributed by atoms with Crippen LogP contribution in [0.15, 0.2) is 36.4 Å². The number of fused-ring (bicyclic) bond motifs is 1. The van der Waals surface area contributed by atoms with Crippen molar-refractivity contribution < 1.29 is 14.2 Å². The van der Waals surface area contributed by atoms with E-state index in [2.05, 4.69) is 9.80 Å². The van der Waals surface area contributed by atoms with Gasteiger partial charge >= 0.3 is 0 Å². The molecule has 1 fully saturated rings. The van der Waals surface area contributed by atoms with Crippen molar-refractivity contribution >= 4 is 18.1 Å². The fourth-order valence-electron chi connectivity index (χ4n) is 4.06. The number of aromatic hydroxyl groups is 1. The molecule has 0 spiro atoms. The molecule has 1 aliphatic carbocycles. The van der Waals surface area contributed by atoms with Gasteiger partial charge in [-0.3, -0.25) is 4.90 Å². The first-order valence-electron chi connectivity index (χ1n) is 9.89. The smallest absolute Gasteiger partial charge is 0.161 e. The number of rotatable bonds is 6. The molecule has 0 amide bonds. The summed E-state index contributed by atoms with van der Waals surface area (Å²) in [6.45, 7) is 5.52. The number of nitrogens with zero attached hydrogens (tertiary/aromatic N) is 2. The Labute approximate surface area is 172 Å². The second-order valence-electron chi connectivity index (χ2n) is 7.45. The standard InChI is InChI=1S/C22H27FN2O2.ClH/c23-19-5-7-20(8-6-19)25-12-10-24(11-13-25)9-2-14-27-22-16-18-4-1-3-17(18)15-21(22)26;/h5-8,15-16,26H,1-4,9-14H2;1H. The second-order valence-corrected chi connectivity index (χ2v) is 7.45. The van der Waals surface area contributed by atoms with E-state index in [1.54, 1.807) is 0 Å². The van der Waals surface area contributed by atoms with Crippen LogP contribution in [0, 0.1) is 5.82 Å². The number of halogens is 2. The van der Waals surface area contributed by atoms with Crippen LogP contribution < -0.4 is 9.64 Å². The summed E-state index contributed by atoms with van der Waals surface area (Å²) in [4.78, 5) is 4.74. The van der Waals surface area contributed by atoms with Gasteiger partial charge in [0.05, 0.1) is 6.61 Å². The van der Waals surface area contributed by atoms with Crippen LogP contribution in [-0.2, 0) is 12.8 Å². The topological polar surface area (TPSA) is 35.9 Å². The molecule has 1 N–H and O–H groups in total. The van der Waals surface area contributed by atoms with Gasteiger partial charge in [0.1, 0.15) is 5.82 Å². The molecule has 1 aliphatic heterocycles. The largest absolute Gasteiger partial charge is 0.504 e. The van der Waals surface area contributed by atoms with Gasteiger partial charge in [0, 0.05) is 38.4 Å². The Bertz CT molecular complexity index is 777. The van der Waals surface area contributed by atoms with Crippen LogP contribution in [0.4, 0.5) is 10.1 Å². The van der Waals surface area contributed by atoms with Crippen LogP contribution in [0.3, 0.4) is 0 Å². The van der Waals surface area contributed by atoms with E-state index < -0.39 is 0 Å². The fourth-order valence-corrected chi connectivity index (χ4v) is 4.06. The molecule has 0 bridgehead atoms. The summed E-state index contributed by atoms with van der Waals surface area (Å²) in [5.41, 5.74) is 3.67. The van der Waals surface area contributed by atoms with E-state index in [4.69, 9.17) is 4.74 Å². The number of ether oxygens (including phenoxy) is 1. The third-order valence-electron chi connectivity index (χ3n) is 5.61. The maximum Gasteiger partial charge on any atom is 0.161 e. The zero-order valence-corrected chi connectivity index (χ0v) is 16.9. The number of phenols is 1. The highest BCUT2D eigenvalue weighted by atomic mass is 35.5. The maximum atomic E-state index is 13.0. The van der Waals surface area contributed by atoms with Crippen LogP contribution in [0.25, 0.3) is 0 Å². The van der Waals surface area contributed by atoms with Crippen LogP contribution in [-0.4, -0.2) is 49.3 Å². The molecule has 0 saturated carbocycles. The number of hydrogen-bond donors (Lipinski definition) is 1. The van der Waals surface area contributed by atoms with E-state index >= 15 is 0 Å². The summed E-state index contributed by atoms with van der Waals surface area (Å²) >= 11 is 0. The minimum absolute atomic E-state index is 0. The SMILES string of the molecule is Cl.Oc1cc2c(cc1OCCCN1CCN(c3ccc(F)cc3)CC1)CCC2. The van der Waals surface area contributed by atoms with Gasteiger partial charge < -0.3 is 14.7 Å². The molecule has 2 aromatic carbocycles. The molecule has 1 heterocycles. The summed E-state index contributed by atoms with van der Waals surface area (Å²) in [6.07, 6.45) is 4.26. The Morgan fingerprint density at radius 1 is 0.964 bits per heavy atom. The highest BCUT2D eigenvalue weighted by Gasteiger charge is 2.18. The van der Waals surface area contributed by atoms with Crippen molar-refractivity contribution in [3.05, 3.63) is 53.3 Å². The lowest BCUT2D eigenvalue weighted by atomic mass is 10.1. The fraction of sp³-hybridized carbons (Fsp3) is 0.455. The lowest BCUT2D eigenvalue weighted by molar-refractivity contribution is 0.221. The molecule has 6 heteroatoms. The minimum atomic E-state index is -0.188. The van der Waals surface area contributed by atoms with Crippen molar-refractivity contribution in [3.8, 4) is 11.5 Å². The molecule has 152 valence electrons. The van der Waals surface area contributed by atoms with Gasteiger partial charge in [-0.2, -0.15) is 0 Å². The molecule has 4 rings (SSSR count).